The first kappa shape index (κ1) is 35.3. The molecule has 0 saturated heterocycles. The molecule has 0 aromatic heterocycles. The van der Waals surface area contributed by atoms with E-state index < -0.39 is 24.2 Å². The van der Waals surface area contributed by atoms with Gasteiger partial charge < -0.3 is 24.2 Å². The molecule has 0 fully saturated rings. The lowest BCUT2D eigenvalue weighted by Gasteiger charge is -2.29. The highest BCUT2D eigenvalue weighted by Gasteiger charge is 2.38. The van der Waals surface area contributed by atoms with Gasteiger partial charge in [-0.2, -0.15) is 13.2 Å². The summed E-state index contributed by atoms with van der Waals surface area (Å²) in [5.74, 6) is -4.22. The molecule has 0 aliphatic heterocycles. The van der Waals surface area contributed by atoms with Crippen LogP contribution in [0.4, 0.5) is 13.2 Å². The molecule has 0 spiro atoms. The first-order valence-corrected chi connectivity index (χ1v) is 12.7. The summed E-state index contributed by atoms with van der Waals surface area (Å²) in [5, 5.41) is 18.0. The van der Waals surface area contributed by atoms with Crippen LogP contribution in [-0.2, 0) is 19.1 Å². The molecule has 0 aliphatic carbocycles. The van der Waals surface area contributed by atoms with Crippen molar-refractivity contribution < 1.29 is 47.0 Å². The van der Waals surface area contributed by atoms with Crippen molar-refractivity contribution in [1.29, 1.82) is 0 Å². The zero-order valence-electron chi connectivity index (χ0n) is 22.0. The molecule has 0 bridgehead atoms. The SMILES string of the molecule is CCCCCCCCCCCCCCCC(=O)O[C@H](CC(=O)[O-])C[N+](C)(C)C.O=C(O)C(F)(F)F. The third-order valence-corrected chi connectivity index (χ3v) is 5.17. The van der Waals surface area contributed by atoms with Crippen LogP contribution in [0.3, 0.4) is 0 Å². The van der Waals surface area contributed by atoms with Gasteiger partial charge in [0, 0.05) is 18.8 Å². The predicted octanol–water partition coefficient (Wildman–Crippen LogP) is 4.86. The van der Waals surface area contributed by atoms with Crippen LogP contribution >= 0.6 is 0 Å². The van der Waals surface area contributed by atoms with Crippen LogP contribution in [0, 0.1) is 0 Å². The molecule has 35 heavy (non-hydrogen) atoms. The molecule has 7 nitrogen and oxygen atoms in total. The average Bonchev–Trinajstić information content (AvgIpc) is 2.69. The molecular formula is C25H46F3NO6. The van der Waals surface area contributed by atoms with E-state index in [1.807, 2.05) is 21.1 Å². The Hall–Kier alpha value is -1.84. The second-order valence-electron chi connectivity index (χ2n) is 9.96. The van der Waals surface area contributed by atoms with E-state index in [-0.39, 0.29) is 12.4 Å². The second kappa shape index (κ2) is 20.4. The Labute approximate surface area is 208 Å². The molecule has 1 atom stereocenters. The third-order valence-electron chi connectivity index (χ3n) is 5.17. The summed E-state index contributed by atoms with van der Waals surface area (Å²) in [6.07, 6.45) is 10.9. The number of carbonyl (C=O) groups is 3. The van der Waals surface area contributed by atoms with E-state index in [2.05, 4.69) is 6.92 Å². The lowest BCUT2D eigenvalue weighted by Crippen LogP contribution is -2.45. The molecule has 0 aromatic carbocycles. The van der Waals surface area contributed by atoms with Gasteiger partial charge in [0.05, 0.1) is 21.1 Å². The molecular weight excluding hydrogens is 467 g/mol. The maximum absolute atomic E-state index is 12.0. The fraction of sp³-hybridized carbons (Fsp3) is 0.880. The monoisotopic (exact) mass is 513 g/mol. The minimum atomic E-state index is -5.08. The average molecular weight is 514 g/mol. The van der Waals surface area contributed by atoms with Crippen LogP contribution in [0.25, 0.3) is 0 Å². The molecule has 0 amide bonds. The number of alkyl halides is 3. The topological polar surface area (TPSA) is 104 Å². The first-order valence-electron chi connectivity index (χ1n) is 12.7. The van der Waals surface area contributed by atoms with Gasteiger partial charge in [0.15, 0.2) is 6.10 Å². The zero-order chi connectivity index (χ0) is 27.3. The van der Waals surface area contributed by atoms with Gasteiger partial charge in [-0.05, 0) is 6.42 Å². The fourth-order valence-electron chi connectivity index (χ4n) is 3.47. The van der Waals surface area contributed by atoms with Crippen LogP contribution < -0.4 is 5.11 Å². The predicted molar refractivity (Wildman–Crippen MR) is 126 cm³/mol. The van der Waals surface area contributed by atoms with Gasteiger partial charge in [0.25, 0.3) is 0 Å². The molecule has 0 rings (SSSR count). The van der Waals surface area contributed by atoms with Gasteiger partial charge in [0.1, 0.15) is 6.54 Å². The summed E-state index contributed by atoms with van der Waals surface area (Å²) in [4.78, 5) is 31.7. The minimum Gasteiger partial charge on any atom is -0.550 e. The Morgan fingerprint density at radius 3 is 1.51 bits per heavy atom. The number of ether oxygens (including phenoxy) is 1. The van der Waals surface area contributed by atoms with Crippen LogP contribution in [0.2, 0.25) is 0 Å². The summed E-state index contributed by atoms with van der Waals surface area (Å²) >= 11 is 0. The number of hydrogen-bond acceptors (Lipinski definition) is 5. The number of hydrogen-bond donors (Lipinski definition) is 1. The maximum Gasteiger partial charge on any atom is 0.490 e. The van der Waals surface area contributed by atoms with E-state index in [0.717, 1.165) is 19.3 Å². The number of aliphatic carboxylic acids is 2. The normalized spacial score (nSPS) is 12.4. The Balaban J connectivity index is 0. The zero-order valence-corrected chi connectivity index (χ0v) is 22.0. The maximum atomic E-state index is 12.0. The van der Waals surface area contributed by atoms with E-state index in [0.29, 0.717) is 17.4 Å². The van der Waals surface area contributed by atoms with E-state index in [1.165, 1.54) is 64.2 Å². The summed E-state index contributed by atoms with van der Waals surface area (Å²) in [5.41, 5.74) is 0. The Bertz CT molecular complexity index is 577. The van der Waals surface area contributed by atoms with Gasteiger partial charge in [0.2, 0.25) is 0 Å². The van der Waals surface area contributed by atoms with Gasteiger partial charge >= 0.3 is 18.1 Å². The van der Waals surface area contributed by atoms with Crippen molar-refractivity contribution >= 4 is 17.9 Å². The highest BCUT2D eigenvalue weighted by molar-refractivity contribution is 5.73. The van der Waals surface area contributed by atoms with E-state index >= 15 is 0 Å². The number of carbonyl (C=O) groups excluding carboxylic acids is 2. The summed E-state index contributed by atoms with van der Waals surface area (Å²) in [6, 6.07) is 0. The molecule has 0 heterocycles. The number of halogens is 3. The fourth-order valence-corrected chi connectivity index (χ4v) is 3.47. The highest BCUT2D eigenvalue weighted by Crippen LogP contribution is 2.14. The van der Waals surface area contributed by atoms with Crippen molar-refractivity contribution in [3.05, 3.63) is 0 Å². The molecule has 0 radical (unpaired) electrons. The molecule has 10 heteroatoms. The number of esters is 1. The third kappa shape index (κ3) is 28.3. The van der Waals surface area contributed by atoms with Crippen LogP contribution in [0.15, 0.2) is 0 Å². The quantitative estimate of drug-likeness (QED) is 0.150. The minimum absolute atomic E-state index is 0.236. The van der Waals surface area contributed by atoms with E-state index in [4.69, 9.17) is 14.6 Å². The molecule has 208 valence electrons. The van der Waals surface area contributed by atoms with Crippen molar-refractivity contribution in [2.45, 2.75) is 116 Å². The number of nitrogens with zero attached hydrogens (tertiary/aromatic N) is 1. The number of carboxylic acids is 2. The van der Waals surface area contributed by atoms with Gasteiger partial charge in [-0.1, -0.05) is 84.0 Å². The Morgan fingerprint density at radius 1 is 0.829 bits per heavy atom. The van der Waals surface area contributed by atoms with Crippen LogP contribution in [0.5, 0.6) is 0 Å². The largest absolute Gasteiger partial charge is 0.550 e. The van der Waals surface area contributed by atoms with Crippen molar-refractivity contribution in [1.82, 2.24) is 0 Å². The van der Waals surface area contributed by atoms with E-state index in [9.17, 15) is 27.9 Å². The first-order chi connectivity index (χ1) is 16.2. The number of carboxylic acid groups (broad SMARTS) is 2. The Morgan fingerprint density at radius 2 is 1.20 bits per heavy atom. The Kier molecular flexibility index (Phi) is 20.5. The van der Waals surface area contributed by atoms with Crippen molar-refractivity contribution in [3.8, 4) is 0 Å². The molecule has 0 saturated carbocycles. The van der Waals surface area contributed by atoms with Crippen molar-refractivity contribution in [2.24, 2.45) is 0 Å². The van der Waals surface area contributed by atoms with Gasteiger partial charge in [-0.25, -0.2) is 4.79 Å². The van der Waals surface area contributed by atoms with Crippen molar-refractivity contribution in [2.75, 3.05) is 27.7 Å². The molecule has 0 aliphatic rings. The number of likely N-dealkylation sites (N-methyl/N-ethyl adjacent to an activating group) is 1. The van der Waals surface area contributed by atoms with Gasteiger partial charge in [-0.15, -0.1) is 0 Å². The van der Waals surface area contributed by atoms with Crippen LogP contribution in [-0.4, -0.2) is 67.5 Å². The van der Waals surface area contributed by atoms with E-state index in [1.54, 1.807) is 0 Å². The second-order valence-corrected chi connectivity index (χ2v) is 9.96. The summed E-state index contributed by atoms with van der Waals surface area (Å²) in [6.45, 7) is 2.72. The number of unbranched alkanes of at least 4 members (excludes halogenated alkanes) is 12. The number of quaternary nitrogens is 1. The standard InChI is InChI=1S/C23H45NO4.C2HF3O2/c1-5-6-7-8-9-10-11-12-13-14-15-16-17-18-23(27)28-21(19-22(25)26)20-24(2,3)4;3-2(4,5)1(6)7/h21H,5-20H2,1-4H3;(H,6,7)/t21-;/m1./s1. The molecule has 1 N–H and O–H groups in total. The lowest BCUT2D eigenvalue weighted by molar-refractivity contribution is -0.873. The molecule has 0 aromatic rings. The smallest absolute Gasteiger partial charge is 0.490 e. The summed E-state index contributed by atoms with van der Waals surface area (Å²) < 4.78 is 37.7. The lowest BCUT2D eigenvalue weighted by atomic mass is 10.0. The number of rotatable bonds is 19. The van der Waals surface area contributed by atoms with Gasteiger partial charge in [-0.3, -0.25) is 4.79 Å². The summed E-state index contributed by atoms with van der Waals surface area (Å²) in [7, 11) is 5.84. The molecule has 0 unspecified atom stereocenters. The highest BCUT2D eigenvalue weighted by atomic mass is 19.4. The van der Waals surface area contributed by atoms with Crippen LogP contribution in [0.1, 0.15) is 103 Å². The van der Waals surface area contributed by atoms with Crippen molar-refractivity contribution in [3.63, 3.8) is 0 Å².